The van der Waals surface area contributed by atoms with Gasteiger partial charge in [-0.05, 0) is 50.7 Å². The summed E-state index contributed by atoms with van der Waals surface area (Å²) in [6, 6.07) is 2.86. The molecule has 0 unspecified atom stereocenters. The monoisotopic (exact) mass is 395 g/mol. The highest BCUT2D eigenvalue weighted by molar-refractivity contribution is 14.1. The molecule has 0 saturated carbocycles. The number of nitrogens with two attached hydrogens (primary N) is 1. The summed E-state index contributed by atoms with van der Waals surface area (Å²) in [6.45, 7) is 0. The zero-order valence-corrected chi connectivity index (χ0v) is 11.4. The van der Waals surface area contributed by atoms with Crippen LogP contribution in [0.3, 0.4) is 0 Å². The van der Waals surface area contributed by atoms with Crippen LogP contribution in [0.5, 0.6) is 0 Å². The summed E-state index contributed by atoms with van der Waals surface area (Å²) in [5.41, 5.74) is 0. The van der Waals surface area contributed by atoms with E-state index in [0.29, 0.717) is 13.1 Å². The summed E-state index contributed by atoms with van der Waals surface area (Å²) in [5, 5.41) is 5.44. The minimum atomic E-state index is -3.67. The van der Waals surface area contributed by atoms with Crippen molar-refractivity contribution in [2.75, 3.05) is 0 Å². The molecule has 0 bridgehead atoms. The van der Waals surface area contributed by atoms with Crippen molar-refractivity contribution in [1.29, 1.82) is 0 Å². The highest BCUT2D eigenvalue weighted by Gasteiger charge is 2.15. The number of benzene rings is 1. The fraction of sp³-hybridized carbons (Fsp3) is 0. The quantitative estimate of drug-likeness (QED) is 0.585. The largest absolute Gasteiger partial charge is 0.239 e. The SMILES string of the molecule is NS(=O)(=O)c1ccc(Cl)c(Br)c1I. The Morgan fingerprint density at radius 2 is 2.00 bits per heavy atom. The second-order valence-electron chi connectivity index (χ2n) is 2.22. The minimum absolute atomic E-state index is 0.0735. The van der Waals surface area contributed by atoms with E-state index in [4.69, 9.17) is 16.7 Å². The highest BCUT2D eigenvalue weighted by Crippen LogP contribution is 2.31. The van der Waals surface area contributed by atoms with E-state index in [9.17, 15) is 8.42 Å². The first-order valence-electron chi connectivity index (χ1n) is 3.00. The molecule has 7 heteroatoms. The molecular formula is C6H4BrClINO2S. The molecule has 0 spiro atoms. The Morgan fingerprint density at radius 1 is 1.46 bits per heavy atom. The maximum atomic E-state index is 11.0. The molecule has 0 aliphatic heterocycles. The van der Waals surface area contributed by atoms with Gasteiger partial charge >= 0.3 is 0 Å². The standard InChI is InChI=1S/C6H4BrClINO2S/c7-5-3(8)1-2-4(6(5)9)13(10,11)12/h1-2H,(H2,10,11,12). The van der Waals surface area contributed by atoms with Crippen LogP contribution in [-0.4, -0.2) is 8.42 Å². The third kappa shape index (κ3) is 2.56. The molecule has 0 aliphatic rings. The lowest BCUT2D eigenvalue weighted by Crippen LogP contribution is -2.13. The predicted molar refractivity (Wildman–Crippen MR) is 63.2 cm³/mol. The molecule has 2 N–H and O–H groups in total. The molecule has 0 saturated heterocycles. The van der Waals surface area contributed by atoms with Crippen LogP contribution in [0.2, 0.25) is 5.02 Å². The average Bonchev–Trinajstić information content (AvgIpc) is 1.98. The van der Waals surface area contributed by atoms with Gasteiger partial charge in [-0.1, -0.05) is 11.6 Å². The van der Waals surface area contributed by atoms with Crippen LogP contribution in [0.4, 0.5) is 0 Å². The zero-order valence-electron chi connectivity index (χ0n) is 6.09. The van der Waals surface area contributed by atoms with Crippen LogP contribution in [0.15, 0.2) is 21.5 Å². The van der Waals surface area contributed by atoms with Crippen LogP contribution in [-0.2, 0) is 10.0 Å². The van der Waals surface area contributed by atoms with Crippen molar-refractivity contribution in [2.24, 2.45) is 5.14 Å². The number of hydrogen-bond donors (Lipinski definition) is 1. The van der Waals surface area contributed by atoms with Crippen molar-refractivity contribution in [3.8, 4) is 0 Å². The van der Waals surface area contributed by atoms with Crippen molar-refractivity contribution in [2.45, 2.75) is 4.90 Å². The fourth-order valence-corrected chi connectivity index (χ4v) is 3.52. The van der Waals surface area contributed by atoms with Gasteiger partial charge in [-0.2, -0.15) is 0 Å². The first-order chi connectivity index (χ1) is 5.84. The van der Waals surface area contributed by atoms with E-state index in [1.165, 1.54) is 12.1 Å². The van der Waals surface area contributed by atoms with Crippen molar-refractivity contribution in [3.63, 3.8) is 0 Å². The first kappa shape index (κ1) is 11.7. The average molecular weight is 396 g/mol. The molecule has 0 aromatic heterocycles. The Hall–Kier alpha value is 0.630. The summed E-state index contributed by atoms with van der Waals surface area (Å²) in [5.74, 6) is 0. The molecule has 0 aliphatic carbocycles. The Labute approximate surface area is 103 Å². The minimum Gasteiger partial charge on any atom is -0.225 e. The van der Waals surface area contributed by atoms with Gasteiger partial charge in [-0.15, -0.1) is 0 Å². The first-order valence-corrected chi connectivity index (χ1v) is 6.80. The molecule has 1 aromatic rings. The highest BCUT2D eigenvalue weighted by atomic mass is 127. The van der Waals surface area contributed by atoms with Gasteiger partial charge in [-0.3, -0.25) is 0 Å². The maximum absolute atomic E-state index is 11.0. The van der Waals surface area contributed by atoms with Gasteiger partial charge in [0.15, 0.2) is 0 Å². The Balaban J connectivity index is 3.53. The molecule has 0 fully saturated rings. The molecule has 1 aromatic carbocycles. The number of hydrogen-bond acceptors (Lipinski definition) is 2. The maximum Gasteiger partial charge on any atom is 0.239 e. The van der Waals surface area contributed by atoms with Gasteiger partial charge in [0.05, 0.1) is 14.4 Å². The summed E-state index contributed by atoms with van der Waals surface area (Å²) < 4.78 is 23.1. The molecule has 13 heavy (non-hydrogen) atoms. The smallest absolute Gasteiger partial charge is 0.225 e. The molecule has 3 nitrogen and oxygen atoms in total. The number of halogens is 3. The van der Waals surface area contributed by atoms with Gasteiger partial charge in [0.25, 0.3) is 0 Å². The van der Waals surface area contributed by atoms with E-state index in [-0.39, 0.29) is 4.90 Å². The predicted octanol–water partition coefficient (Wildman–Crippen LogP) is 2.35. The molecule has 0 heterocycles. The summed E-state index contributed by atoms with van der Waals surface area (Å²) in [4.78, 5) is 0.0735. The second-order valence-corrected chi connectivity index (χ2v) is 6.03. The topological polar surface area (TPSA) is 60.2 Å². The lowest BCUT2D eigenvalue weighted by Gasteiger charge is -2.04. The van der Waals surface area contributed by atoms with Gasteiger partial charge in [0.2, 0.25) is 10.0 Å². The van der Waals surface area contributed by atoms with E-state index in [2.05, 4.69) is 15.9 Å². The molecular weight excluding hydrogens is 392 g/mol. The third-order valence-corrected chi connectivity index (χ3v) is 5.85. The van der Waals surface area contributed by atoms with E-state index in [0.717, 1.165) is 0 Å². The lowest BCUT2D eigenvalue weighted by atomic mass is 10.4. The van der Waals surface area contributed by atoms with Gasteiger partial charge < -0.3 is 0 Å². The van der Waals surface area contributed by atoms with Crippen LogP contribution in [0.25, 0.3) is 0 Å². The number of rotatable bonds is 1. The Morgan fingerprint density at radius 3 is 2.46 bits per heavy atom. The fourth-order valence-electron chi connectivity index (χ4n) is 0.728. The lowest BCUT2D eigenvalue weighted by molar-refractivity contribution is 0.597. The molecule has 1 rings (SSSR count). The normalized spacial score (nSPS) is 11.7. The summed E-state index contributed by atoms with van der Waals surface area (Å²) in [7, 11) is -3.67. The van der Waals surface area contributed by atoms with Crippen molar-refractivity contribution >= 4 is 60.1 Å². The van der Waals surface area contributed by atoms with E-state index in [1.54, 1.807) is 0 Å². The van der Waals surface area contributed by atoms with Crippen LogP contribution in [0, 0.1) is 3.57 Å². The van der Waals surface area contributed by atoms with Gasteiger partial charge in [0, 0.05) is 3.57 Å². The third-order valence-electron chi connectivity index (χ3n) is 1.31. The Bertz CT molecular complexity index is 448. The molecule has 0 atom stereocenters. The van der Waals surface area contributed by atoms with Crippen molar-refractivity contribution < 1.29 is 8.42 Å². The Kier molecular flexibility index (Phi) is 3.61. The second kappa shape index (κ2) is 4.01. The summed E-state index contributed by atoms with van der Waals surface area (Å²) in [6.07, 6.45) is 0. The van der Waals surface area contributed by atoms with Gasteiger partial charge in [-0.25, -0.2) is 13.6 Å². The zero-order chi connectivity index (χ0) is 10.2. The van der Waals surface area contributed by atoms with Crippen LogP contribution < -0.4 is 5.14 Å². The van der Waals surface area contributed by atoms with Crippen molar-refractivity contribution in [1.82, 2.24) is 0 Å². The van der Waals surface area contributed by atoms with Crippen molar-refractivity contribution in [3.05, 3.63) is 25.2 Å². The number of primary sulfonamides is 1. The van der Waals surface area contributed by atoms with Gasteiger partial charge in [0.1, 0.15) is 0 Å². The molecule has 0 amide bonds. The van der Waals surface area contributed by atoms with Crippen LogP contribution >= 0.6 is 50.1 Å². The van der Waals surface area contributed by atoms with E-state index in [1.807, 2.05) is 22.6 Å². The van der Waals surface area contributed by atoms with E-state index < -0.39 is 10.0 Å². The molecule has 72 valence electrons. The molecule has 0 radical (unpaired) electrons. The van der Waals surface area contributed by atoms with E-state index >= 15 is 0 Å². The van der Waals surface area contributed by atoms with Crippen LogP contribution in [0.1, 0.15) is 0 Å². The number of sulfonamides is 1. The summed E-state index contributed by atoms with van der Waals surface area (Å²) >= 11 is 10.8.